The molecule has 2 aliphatic heterocycles. The number of amides is 1. The molecule has 1 aromatic carbocycles. The Labute approximate surface area is 254 Å². The first-order chi connectivity index (χ1) is 21.3. The largest absolute Gasteiger partial charge is 0.490 e. The second kappa shape index (κ2) is 12.6. The summed E-state index contributed by atoms with van der Waals surface area (Å²) in [7, 11) is 0. The molecule has 0 radical (unpaired) electrons. The van der Waals surface area contributed by atoms with Crippen molar-refractivity contribution >= 4 is 34.0 Å². The number of aliphatic hydroxyl groups excluding tert-OH is 1. The van der Waals surface area contributed by atoms with Crippen LogP contribution in [-0.2, 0) is 0 Å². The van der Waals surface area contributed by atoms with Crippen LogP contribution >= 0.6 is 0 Å². The van der Waals surface area contributed by atoms with Crippen molar-refractivity contribution in [3.8, 4) is 17.0 Å². The number of ether oxygens (including phenoxy) is 1. The van der Waals surface area contributed by atoms with Crippen LogP contribution in [0.3, 0.4) is 0 Å². The number of nitrogens with one attached hydrogen (secondary N) is 2. The molecule has 4 aromatic rings. The molecule has 10 nitrogen and oxygen atoms in total. The second-order valence-corrected chi connectivity index (χ2v) is 11.7. The Balaban J connectivity index is 1.37. The number of rotatable bonds is 7. The van der Waals surface area contributed by atoms with Gasteiger partial charge in [-0.1, -0.05) is 0 Å². The van der Waals surface area contributed by atoms with Crippen molar-refractivity contribution in [1.29, 1.82) is 0 Å². The van der Waals surface area contributed by atoms with Gasteiger partial charge in [-0.05, 0) is 82.3 Å². The van der Waals surface area contributed by atoms with Crippen molar-refractivity contribution in [3.05, 3.63) is 70.5 Å². The average Bonchev–Trinajstić information content (AvgIpc) is 3.02. The van der Waals surface area contributed by atoms with Crippen molar-refractivity contribution in [2.75, 3.05) is 36.4 Å². The van der Waals surface area contributed by atoms with Gasteiger partial charge in [0.2, 0.25) is 0 Å². The number of pyridine rings is 3. The first kappa shape index (κ1) is 29.6. The Kier molecular flexibility index (Phi) is 8.47. The fourth-order valence-corrected chi connectivity index (χ4v) is 5.87. The zero-order chi connectivity index (χ0) is 30.8. The van der Waals surface area contributed by atoms with Crippen LogP contribution in [0, 0.1) is 5.82 Å². The standard InChI is InChI=1S/C33H37FN6O4/c1-20(2)44-29-17-23(25(34)16-24(29)33(43)40-12-4-3-5-13-40)27-18-28(31-26(37-27)8-11-35-32(31)42)38-30-7-6-21(19-36-30)39-14-9-22(41)10-15-39/h6-8,11,16-20,22,41H,3-5,9-10,12-15H2,1-2H3,(H,35,42)(H,36,37,38). The molecule has 0 bridgehead atoms. The lowest BCUT2D eigenvalue weighted by Gasteiger charge is -2.31. The van der Waals surface area contributed by atoms with Crippen molar-refractivity contribution in [2.24, 2.45) is 0 Å². The van der Waals surface area contributed by atoms with Gasteiger partial charge < -0.3 is 29.9 Å². The number of anilines is 3. The molecule has 5 heterocycles. The number of aromatic amines is 1. The Hall–Kier alpha value is -4.51. The smallest absolute Gasteiger partial charge is 0.259 e. The van der Waals surface area contributed by atoms with Gasteiger partial charge >= 0.3 is 0 Å². The van der Waals surface area contributed by atoms with E-state index in [0.29, 0.717) is 48.3 Å². The molecule has 2 aliphatic rings. The summed E-state index contributed by atoms with van der Waals surface area (Å²) in [6.07, 6.45) is 7.07. The van der Waals surface area contributed by atoms with Crippen LogP contribution in [0.15, 0.2) is 53.6 Å². The van der Waals surface area contributed by atoms with Crippen LogP contribution in [0.25, 0.3) is 22.2 Å². The quantitative estimate of drug-likeness (QED) is 0.263. The highest BCUT2D eigenvalue weighted by Crippen LogP contribution is 2.35. The van der Waals surface area contributed by atoms with Gasteiger partial charge in [0, 0.05) is 37.9 Å². The summed E-state index contributed by atoms with van der Waals surface area (Å²) in [4.78, 5) is 42.1. The fraction of sp³-hybridized carbons (Fsp3) is 0.394. The Bertz CT molecular complexity index is 1710. The molecular weight excluding hydrogens is 563 g/mol. The van der Waals surface area contributed by atoms with E-state index in [1.54, 1.807) is 23.2 Å². The molecular formula is C33H37FN6O4. The third-order valence-corrected chi connectivity index (χ3v) is 8.15. The minimum Gasteiger partial charge on any atom is -0.490 e. The number of halogens is 1. The molecule has 0 atom stereocenters. The van der Waals surface area contributed by atoms with Gasteiger partial charge in [-0.25, -0.2) is 14.4 Å². The molecule has 44 heavy (non-hydrogen) atoms. The highest BCUT2D eigenvalue weighted by Gasteiger charge is 2.25. The molecule has 3 N–H and O–H groups in total. The summed E-state index contributed by atoms with van der Waals surface area (Å²) < 4.78 is 21.9. The Morgan fingerprint density at radius 1 is 1.09 bits per heavy atom. The molecule has 11 heteroatoms. The number of hydrogen-bond acceptors (Lipinski definition) is 8. The number of piperidine rings is 2. The maximum atomic E-state index is 15.9. The molecule has 1 amide bonds. The van der Waals surface area contributed by atoms with E-state index in [1.165, 1.54) is 18.3 Å². The molecule has 0 unspecified atom stereocenters. The zero-order valence-electron chi connectivity index (χ0n) is 25.0. The lowest BCUT2D eigenvalue weighted by atomic mass is 10.0. The number of nitrogens with zero attached hydrogens (tertiary/aromatic N) is 4. The first-order valence-corrected chi connectivity index (χ1v) is 15.2. The summed E-state index contributed by atoms with van der Waals surface area (Å²) in [6, 6.07) is 9.79. The SMILES string of the molecule is CC(C)Oc1cc(-c2cc(Nc3ccc(N4CCC(O)CC4)cn3)c3c(=O)[nH]ccc3n2)c(F)cc1C(=O)N1CCCCC1. The third kappa shape index (κ3) is 6.23. The number of carbonyl (C=O) groups excluding carboxylic acids is 1. The van der Waals surface area contributed by atoms with Gasteiger partial charge in [-0.2, -0.15) is 0 Å². The van der Waals surface area contributed by atoms with Crippen molar-refractivity contribution < 1.29 is 19.0 Å². The summed E-state index contributed by atoms with van der Waals surface area (Å²) in [5.41, 5.74) is 1.99. The molecule has 3 aromatic heterocycles. The molecule has 2 saturated heterocycles. The normalized spacial score (nSPS) is 16.0. The predicted molar refractivity (Wildman–Crippen MR) is 168 cm³/mol. The third-order valence-electron chi connectivity index (χ3n) is 8.15. The summed E-state index contributed by atoms with van der Waals surface area (Å²) in [5.74, 6) is -0.0734. The zero-order valence-corrected chi connectivity index (χ0v) is 25.0. The van der Waals surface area contributed by atoms with E-state index in [9.17, 15) is 14.7 Å². The lowest BCUT2D eigenvalue weighted by molar-refractivity contribution is 0.0717. The van der Waals surface area contributed by atoms with Gasteiger partial charge in [-0.3, -0.25) is 9.59 Å². The lowest BCUT2D eigenvalue weighted by Crippen LogP contribution is -2.36. The van der Waals surface area contributed by atoms with Gasteiger partial charge in [0.1, 0.15) is 17.4 Å². The average molecular weight is 601 g/mol. The van der Waals surface area contributed by atoms with E-state index in [0.717, 1.165) is 38.0 Å². The monoisotopic (exact) mass is 600 g/mol. The van der Waals surface area contributed by atoms with Crippen molar-refractivity contribution in [2.45, 2.75) is 58.2 Å². The minimum atomic E-state index is -0.613. The topological polar surface area (TPSA) is 124 Å². The van der Waals surface area contributed by atoms with E-state index >= 15 is 4.39 Å². The highest BCUT2D eigenvalue weighted by atomic mass is 19.1. The number of aromatic nitrogens is 3. The van der Waals surface area contributed by atoms with E-state index in [2.05, 4.69) is 25.2 Å². The van der Waals surface area contributed by atoms with Crippen LogP contribution in [0.4, 0.5) is 21.6 Å². The fourth-order valence-electron chi connectivity index (χ4n) is 5.87. The van der Waals surface area contributed by atoms with Gasteiger partial charge in [0.05, 0.1) is 51.9 Å². The van der Waals surface area contributed by atoms with E-state index in [4.69, 9.17) is 4.74 Å². The summed E-state index contributed by atoms with van der Waals surface area (Å²) in [6.45, 7) is 6.48. The minimum absolute atomic E-state index is 0.150. The molecule has 0 saturated carbocycles. The number of hydrogen-bond donors (Lipinski definition) is 3. The number of aliphatic hydroxyl groups is 1. The van der Waals surface area contributed by atoms with Crippen LogP contribution in [-0.4, -0.2) is 69.3 Å². The number of likely N-dealkylation sites (tertiary alicyclic amines) is 1. The molecule has 2 fully saturated rings. The molecule has 0 aliphatic carbocycles. The number of benzene rings is 1. The van der Waals surface area contributed by atoms with Crippen molar-refractivity contribution in [1.82, 2.24) is 19.9 Å². The van der Waals surface area contributed by atoms with E-state index < -0.39 is 5.82 Å². The van der Waals surface area contributed by atoms with Crippen LogP contribution in [0.5, 0.6) is 5.75 Å². The first-order valence-electron chi connectivity index (χ1n) is 15.2. The van der Waals surface area contributed by atoms with E-state index in [-0.39, 0.29) is 46.2 Å². The second-order valence-electron chi connectivity index (χ2n) is 11.7. The number of H-pyrrole nitrogens is 1. The number of fused-ring (bicyclic) bond motifs is 1. The Morgan fingerprint density at radius 2 is 1.86 bits per heavy atom. The number of carbonyl (C=O) groups is 1. The predicted octanol–water partition coefficient (Wildman–Crippen LogP) is 5.24. The van der Waals surface area contributed by atoms with Crippen LogP contribution in [0.1, 0.15) is 56.3 Å². The van der Waals surface area contributed by atoms with Gasteiger partial charge in [-0.15, -0.1) is 0 Å². The van der Waals surface area contributed by atoms with Gasteiger partial charge in [0.15, 0.2) is 0 Å². The van der Waals surface area contributed by atoms with E-state index in [1.807, 2.05) is 26.0 Å². The molecule has 0 spiro atoms. The van der Waals surface area contributed by atoms with Crippen LogP contribution < -0.4 is 20.5 Å². The Morgan fingerprint density at radius 3 is 2.57 bits per heavy atom. The maximum Gasteiger partial charge on any atom is 0.259 e. The summed E-state index contributed by atoms with van der Waals surface area (Å²) in [5, 5.41) is 13.4. The van der Waals surface area contributed by atoms with Crippen molar-refractivity contribution in [3.63, 3.8) is 0 Å². The molecule has 6 rings (SSSR count). The maximum absolute atomic E-state index is 15.9. The highest BCUT2D eigenvalue weighted by molar-refractivity contribution is 5.98. The van der Waals surface area contributed by atoms with Gasteiger partial charge in [0.25, 0.3) is 11.5 Å². The van der Waals surface area contributed by atoms with Crippen LogP contribution in [0.2, 0.25) is 0 Å². The molecule has 230 valence electrons. The summed E-state index contributed by atoms with van der Waals surface area (Å²) >= 11 is 0.